The summed E-state index contributed by atoms with van der Waals surface area (Å²) in [6.07, 6.45) is -0.0602. The summed E-state index contributed by atoms with van der Waals surface area (Å²) in [7, 11) is -3.08. The smallest absolute Gasteiger partial charge is 0.265 e. The molecule has 1 fully saturated rings. The fraction of sp³-hybridized carbons (Fsp3) is 1.00. The Morgan fingerprint density at radius 3 is 2.11 bits per heavy atom. The molecule has 3 nitrogen and oxygen atoms in total. The first-order valence-electron chi connectivity index (χ1n) is 2.92. The Bertz CT molecular complexity index is 180. The lowest BCUT2D eigenvalue weighted by atomic mass is 10.1. The van der Waals surface area contributed by atoms with Crippen LogP contribution in [0.3, 0.4) is 0 Å². The summed E-state index contributed by atoms with van der Waals surface area (Å²) in [6.45, 7) is 3.89. The molecule has 0 N–H and O–H groups in total. The first-order chi connectivity index (χ1) is 4.01. The first-order valence-corrected chi connectivity index (χ1v) is 4.50. The number of hydrogen-bond donors (Lipinski definition) is 0. The third-order valence-corrected chi connectivity index (χ3v) is 2.66. The van der Waals surface area contributed by atoms with E-state index in [0.717, 1.165) is 0 Å². The van der Waals surface area contributed by atoms with Gasteiger partial charge in [-0.3, -0.25) is 4.18 Å². The molecule has 0 bridgehead atoms. The summed E-state index contributed by atoms with van der Waals surface area (Å²) in [4.78, 5) is 0. The van der Waals surface area contributed by atoms with Crippen molar-refractivity contribution < 1.29 is 12.6 Å². The highest BCUT2D eigenvalue weighted by Gasteiger charge is 2.36. The zero-order valence-electron chi connectivity index (χ0n) is 5.49. The lowest BCUT2D eigenvalue weighted by Gasteiger charge is -2.28. The van der Waals surface area contributed by atoms with Gasteiger partial charge < -0.3 is 0 Å². The van der Waals surface area contributed by atoms with Gasteiger partial charge in [-0.05, 0) is 5.92 Å². The molecular formula is C5H10O3S. The monoisotopic (exact) mass is 150 g/mol. The Kier molecular flexibility index (Phi) is 1.52. The van der Waals surface area contributed by atoms with Gasteiger partial charge in [-0.15, -0.1) is 0 Å². The van der Waals surface area contributed by atoms with E-state index in [1.165, 1.54) is 0 Å². The zero-order valence-corrected chi connectivity index (χ0v) is 6.31. The number of hydrogen-bond acceptors (Lipinski definition) is 3. The molecule has 1 rings (SSSR count). The second-order valence-corrected chi connectivity index (χ2v) is 4.24. The quantitative estimate of drug-likeness (QED) is 0.507. The van der Waals surface area contributed by atoms with Crippen LogP contribution in [0.2, 0.25) is 0 Å². The van der Waals surface area contributed by atoms with E-state index in [9.17, 15) is 8.42 Å². The van der Waals surface area contributed by atoms with Crippen LogP contribution in [-0.2, 0) is 14.3 Å². The fourth-order valence-electron chi connectivity index (χ4n) is 0.685. The van der Waals surface area contributed by atoms with E-state index < -0.39 is 10.1 Å². The number of rotatable bonds is 1. The summed E-state index contributed by atoms with van der Waals surface area (Å²) >= 11 is 0. The summed E-state index contributed by atoms with van der Waals surface area (Å²) in [5.74, 6) is 0.513. The Hall–Kier alpha value is -0.0900. The third-order valence-electron chi connectivity index (χ3n) is 1.38. The second kappa shape index (κ2) is 1.95. The Labute approximate surface area is 55.1 Å². The van der Waals surface area contributed by atoms with Gasteiger partial charge in [0.15, 0.2) is 0 Å². The van der Waals surface area contributed by atoms with Crippen LogP contribution in [0.15, 0.2) is 0 Å². The van der Waals surface area contributed by atoms with Crippen molar-refractivity contribution in [3.05, 3.63) is 0 Å². The van der Waals surface area contributed by atoms with Crippen molar-refractivity contribution in [2.75, 3.05) is 5.75 Å². The molecule has 54 valence electrons. The summed E-state index contributed by atoms with van der Waals surface area (Å²) in [5.41, 5.74) is 0. The Morgan fingerprint density at radius 1 is 1.56 bits per heavy atom. The van der Waals surface area contributed by atoms with Crippen molar-refractivity contribution in [1.82, 2.24) is 0 Å². The van der Waals surface area contributed by atoms with Crippen LogP contribution in [0.5, 0.6) is 0 Å². The van der Waals surface area contributed by atoms with Gasteiger partial charge in [-0.1, -0.05) is 13.8 Å². The molecule has 4 heteroatoms. The molecule has 1 unspecified atom stereocenters. The molecule has 1 atom stereocenters. The maximum atomic E-state index is 10.4. The molecule has 0 aromatic carbocycles. The van der Waals surface area contributed by atoms with Crippen LogP contribution in [0.4, 0.5) is 0 Å². The fourth-order valence-corrected chi connectivity index (χ4v) is 2.06. The van der Waals surface area contributed by atoms with Crippen molar-refractivity contribution in [2.45, 2.75) is 20.0 Å². The van der Waals surface area contributed by atoms with Gasteiger partial charge in [0, 0.05) is 0 Å². The van der Waals surface area contributed by atoms with Crippen molar-refractivity contribution in [3.63, 3.8) is 0 Å². The van der Waals surface area contributed by atoms with Crippen molar-refractivity contribution in [1.29, 1.82) is 0 Å². The molecule has 0 spiro atoms. The molecule has 0 aliphatic carbocycles. The van der Waals surface area contributed by atoms with E-state index in [2.05, 4.69) is 4.18 Å². The molecular weight excluding hydrogens is 140 g/mol. The van der Waals surface area contributed by atoms with Gasteiger partial charge in [0.05, 0.1) is 6.10 Å². The van der Waals surface area contributed by atoms with Crippen LogP contribution in [-0.4, -0.2) is 20.3 Å². The van der Waals surface area contributed by atoms with Gasteiger partial charge in [-0.2, -0.15) is 8.42 Å². The highest BCUT2D eigenvalue weighted by Crippen LogP contribution is 2.21. The van der Waals surface area contributed by atoms with Crippen molar-refractivity contribution in [2.24, 2.45) is 5.92 Å². The zero-order chi connectivity index (χ0) is 7.07. The molecule has 0 amide bonds. The van der Waals surface area contributed by atoms with E-state index in [0.29, 0.717) is 5.92 Å². The highest BCUT2D eigenvalue weighted by molar-refractivity contribution is 7.87. The van der Waals surface area contributed by atoms with Crippen LogP contribution >= 0.6 is 0 Å². The standard InChI is InChI=1S/C5H10O3S/c1-4(2)5-3-9(6,7)8-5/h4-5H,3H2,1-2H3. The molecule has 0 radical (unpaired) electrons. The van der Waals surface area contributed by atoms with E-state index in [1.54, 1.807) is 0 Å². The van der Waals surface area contributed by atoms with E-state index in [1.807, 2.05) is 13.8 Å². The Morgan fingerprint density at radius 2 is 2.00 bits per heavy atom. The van der Waals surface area contributed by atoms with Crippen molar-refractivity contribution in [3.8, 4) is 0 Å². The molecule has 1 saturated heterocycles. The predicted molar refractivity (Wildman–Crippen MR) is 33.5 cm³/mol. The summed E-state index contributed by atoms with van der Waals surface area (Å²) in [5, 5.41) is 0. The maximum absolute atomic E-state index is 10.4. The Balaban J connectivity index is 2.45. The largest absolute Gasteiger partial charge is 0.270 e. The normalized spacial score (nSPS) is 32.1. The van der Waals surface area contributed by atoms with Crippen LogP contribution in [0.25, 0.3) is 0 Å². The molecule has 0 aromatic rings. The minimum absolute atomic E-state index is 0.0602. The first kappa shape index (κ1) is 7.02. The average Bonchev–Trinajstić information content (AvgIpc) is 1.59. The highest BCUT2D eigenvalue weighted by atomic mass is 32.2. The van der Waals surface area contributed by atoms with E-state index >= 15 is 0 Å². The lowest BCUT2D eigenvalue weighted by molar-refractivity contribution is 0.133. The van der Waals surface area contributed by atoms with Gasteiger partial charge >= 0.3 is 0 Å². The maximum Gasteiger partial charge on any atom is 0.270 e. The second-order valence-electron chi connectivity index (χ2n) is 2.60. The molecule has 0 saturated carbocycles. The average molecular weight is 150 g/mol. The van der Waals surface area contributed by atoms with Crippen LogP contribution in [0, 0.1) is 5.92 Å². The molecule has 1 aliphatic rings. The van der Waals surface area contributed by atoms with Gasteiger partial charge in [-0.25, -0.2) is 0 Å². The van der Waals surface area contributed by atoms with Crippen LogP contribution < -0.4 is 0 Å². The van der Waals surface area contributed by atoms with Gasteiger partial charge in [0.2, 0.25) is 0 Å². The predicted octanol–water partition coefficient (Wildman–Crippen LogP) is 0.371. The molecule has 1 aliphatic heterocycles. The van der Waals surface area contributed by atoms with Gasteiger partial charge in [0.25, 0.3) is 10.1 Å². The summed E-state index contributed by atoms with van der Waals surface area (Å²) < 4.78 is 25.3. The molecule has 0 aromatic heterocycles. The van der Waals surface area contributed by atoms with E-state index in [-0.39, 0.29) is 11.9 Å². The van der Waals surface area contributed by atoms with Gasteiger partial charge in [0.1, 0.15) is 5.75 Å². The van der Waals surface area contributed by atoms with E-state index in [4.69, 9.17) is 0 Å². The minimum atomic E-state index is -3.08. The molecule has 9 heavy (non-hydrogen) atoms. The van der Waals surface area contributed by atoms with Crippen molar-refractivity contribution >= 4 is 10.1 Å². The van der Waals surface area contributed by atoms with Crippen LogP contribution in [0.1, 0.15) is 13.8 Å². The SMILES string of the molecule is CC(C)C1CS(=O)(=O)O1. The summed E-state index contributed by atoms with van der Waals surface area (Å²) in [6, 6.07) is 0. The lowest BCUT2D eigenvalue weighted by Crippen LogP contribution is -2.42. The molecule has 1 heterocycles. The topological polar surface area (TPSA) is 43.4 Å². The minimum Gasteiger partial charge on any atom is -0.265 e. The third kappa shape index (κ3) is 1.43.